The van der Waals surface area contributed by atoms with Crippen LogP contribution in [0.3, 0.4) is 0 Å². The first-order valence-corrected chi connectivity index (χ1v) is 8.47. The molecule has 0 bridgehead atoms. The maximum Gasteiger partial charge on any atom is 0.191 e. The Morgan fingerprint density at radius 3 is 2.58 bits per heavy atom. The van der Waals surface area contributed by atoms with Crippen molar-refractivity contribution >= 4 is 21.9 Å². The van der Waals surface area contributed by atoms with Gasteiger partial charge in [-0.25, -0.2) is 4.39 Å². The lowest BCUT2D eigenvalue weighted by atomic mass is 10.0. The van der Waals surface area contributed by atoms with E-state index in [1.54, 1.807) is 13.1 Å². The van der Waals surface area contributed by atoms with Crippen LogP contribution in [0.15, 0.2) is 58.0 Å². The summed E-state index contributed by atoms with van der Waals surface area (Å²) in [5.74, 6) is 0.296. The first-order valence-electron chi connectivity index (χ1n) is 7.68. The van der Waals surface area contributed by atoms with Crippen LogP contribution in [0.5, 0.6) is 0 Å². The number of aliphatic hydroxyl groups excluding tert-OH is 1. The van der Waals surface area contributed by atoms with Gasteiger partial charge in [0.05, 0.1) is 11.1 Å². The summed E-state index contributed by atoms with van der Waals surface area (Å²) in [5.41, 5.74) is 1.89. The zero-order chi connectivity index (χ0) is 17.4. The number of hydrogen-bond donors (Lipinski definition) is 3. The predicted molar refractivity (Wildman–Crippen MR) is 98.6 cm³/mol. The molecule has 2 aromatic carbocycles. The lowest BCUT2D eigenvalue weighted by Gasteiger charge is -2.18. The van der Waals surface area contributed by atoms with Gasteiger partial charge in [0.2, 0.25) is 0 Å². The average Bonchev–Trinajstić information content (AvgIpc) is 2.62. The van der Waals surface area contributed by atoms with Crippen LogP contribution >= 0.6 is 15.9 Å². The lowest BCUT2D eigenvalue weighted by Crippen LogP contribution is -2.39. The van der Waals surface area contributed by atoms with Crippen molar-refractivity contribution in [2.45, 2.75) is 12.5 Å². The van der Waals surface area contributed by atoms with E-state index in [-0.39, 0.29) is 18.3 Å². The average molecular weight is 394 g/mol. The number of aliphatic imine (C=N–C) groups is 1. The summed E-state index contributed by atoms with van der Waals surface area (Å²) < 4.78 is 14.0. The molecule has 2 rings (SSSR count). The Kier molecular flexibility index (Phi) is 7.21. The summed E-state index contributed by atoms with van der Waals surface area (Å²) in [6, 6.07) is 14.8. The summed E-state index contributed by atoms with van der Waals surface area (Å²) in [5, 5.41) is 15.9. The van der Waals surface area contributed by atoms with Crippen LogP contribution in [0.25, 0.3) is 0 Å². The minimum absolute atomic E-state index is 0.0186. The largest absolute Gasteiger partial charge is 0.396 e. The molecule has 4 nitrogen and oxygen atoms in total. The first-order chi connectivity index (χ1) is 11.6. The van der Waals surface area contributed by atoms with E-state index in [4.69, 9.17) is 0 Å². The van der Waals surface area contributed by atoms with E-state index in [2.05, 4.69) is 31.6 Å². The fraction of sp³-hybridized carbons (Fsp3) is 0.278. The molecule has 1 atom stereocenters. The maximum absolute atomic E-state index is 13.5. The molecule has 0 saturated heterocycles. The highest BCUT2D eigenvalue weighted by atomic mass is 79.9. The third-order valence-electron chi connectivity index (χ3n) is 3.67. The molecule has 0 aliphatic carbocycles. The maximum atomic E-state index is 13.5. The Labute approximate surface area is 150 Å². The molecule has 0 spiro atoms. The van der Waals surface area contributed by atoms with Crippen molar-refractivity contribution in [1.29, 1.82) is 0 Å². The smallest absolute Gasteiger partial charge is 0.191 e. The lowest BCUT2D eigenvalue weighted by molar-refractivity contribution is 0.265. The van der Waals surface area contributed by atoms with E-state index in [9.17, 15) is 9.50 Å². The van der Waals surface area contributed by atoms with Crippen LogP contribution in [0.4, 0.5) is 4.39 Å². The van der Waals surface area contributed by atoms with E-state index < -0.39 is 0 Å². The number of aliphatic hydroxyl groups is 1. The third kappa shape index (κ3) is 5.32. The highest BCUT2D eigenvalue weighted by Crippen LogP contribution is 2.16. The molecule has 0 aromatic heterocycles. The molecule has 0 aliphatic rings. The van der Waals surface area contributed by atoms with Crippen LogP contribution in [0.2, 0.25) is 0 Å². The Morgan fingerprint density at radius 1 is 1.21 bits per heavy atom. The van der Waals surface area contributed by atoms with E-state index in [0.29, 0.717) is 23.5 Å². The van der Waals surface area contributed by atoms with Gasteiger partial charge in [0.15, 0.2) is 5.96 Å². The predicted octanol–water partition coefficient (Wildman–Crippen LogP) is 3.03. The van der Waals surface area contributed by atoms with Gasteiger partial charge in [0, 0.05) is 26.1 Å². The van der Waals surface area contributed by atoms with Gasteiger partial charge < -0.3 is 15.7 Å². The van der Waals surface area contributed by atoms with Crippen molar-refractivity contribution in [3.05, 3.63) is 69.9 Å². The number of nitrogens with one attached hydrogen (secondary N) is 2. The van der Waals surface area contributed by atoms with Crippen LogP contribution < -0.4 is 10.6 Å². The Hall–Kier alpha value is -1.92. The van der Waals surface area contributed by atoms with Gasteiger partial charge in [0.1, 0.15) is 5.82 Å². The Bertz CT molecular complexity index is 679. The number of hydrogen-bond acceptors (Lipinski definition) is 2. The molecule has 0 amide bonds. The third-order valence-corrected chi connectivity index (χ3v) is 4.32. The first kappa shape index (κ1) is 18.4. The number of guanidine groups is 1. The van der Waals surface area contributed by atoms with Crippen molar-refractivity contribution in [2.75, 3.05) is 20.2 Å². The summed E-state index contributed by atoms with van der Waals surface area (Å²) in [6.45, 7) is 1.06. The number of halogens is 2. The second-order valence-electron chi connectivity index (χ2n) is 5.35. The van der Waals surface area contributed by atoms with E-state index >= 15 is 0 Å². The van der Waals surface area contributed by atoms with Gasteiger partial charge >= 0.3 is 0 Å². The summed E-state index contributed by atoms with van der Waals surface area (Å²) in [7, 11) is 1.67. The van der Waals surface area contributed by atoms with Gasteiger partial charge in [-0.15, -0.1) is 0 Å². The number of benzene rings is 2. The van der Waals surface area contributed by atoms with Gasteiger partial charge in [-0.2, -0.15) is 0 Å². The monoisotopic (exact) mass is 393 g/mol. The van der Waals surface area contributed by atoms with Gasteiger partial charge in [-0.1, -0.05) is 36.4 Å². The van der Waals surface area contributed by atoms with Crippen LogP contribution in [0.1, 0.15) is 17.0 Å². The molecule has 0 aliphatic heterocycles. The second kappa shape index (κ2) is 9.39. The fourth-order valence-electron chi connectivity index (χ4n) is 2.29. The summed E-state index contributed by atoms with van der Waals surface area (Å²) in [6.07, 6.45) is 0. The molecule has 0 saturated carbocycles. The fourth-order valence-corrected chi connectivity index (χ4v) is 2.54. The topological polar surface area (TPSA) is 56.7 Å². The Balaban J connectivity index is 1.89. The van der Waals surface area contributed by atoms with E-state index in [1.165, 1.54) is 6.07 Å². The number of rotatable bonds is 6. The van der Waals surface area contributed by atoms with Crippen LogP contribution in [0, 0.1) is 5.82 Å². The molecule has 1 unspecified atom stereocenters. The molecule has 24 heavy (non-hydrogen) atoms. The standard InChI is InChI=1S/C18H21BrFN3O/c1-21-18(22-10-13-7-8-16(19)17(20)9-13)23-11-15(12-24)14-5-3-2-4-6-14/h2-9,15,24H,10-12H2,1H3,(H2,21,22,23). The normalized spacial score (nSPS) is 12.8. The van der Waals surface area contributed by atoms with E-state index in [0.717, 1.165) is 11.1 Å². The molecule has 2 aromatic rings. The molecular weight excluding hydrogens is 373 g/mol. The number of nitrogens with zero attached hydrogens (tertiary/aromatic N) is 1. The van der Waals surface area contributed by atoms with Gasteiger partial charge in [-0.3, -0.25) is 4.99 Å². The molecule has 0 fully saturated rings. The summed E-state index contributed by atoms with van der Waals surface area (Å²) in [4.78, 5) is 4.15. The summed E-state index contributed by atoms with van der Waals surface area (Å²) >= 11 is 3.14. The van der Waals surface area contributed by atoms with Crippen molar-refractivity contribution in [3.63, 3.8) is 0 Å². The molecule has 3 N–H and O–H groups in total. The minimum atomic E-state index is -0.290. The minimum Gasteiger partial charge on any atom is -0.396 e. The quantitative estimate of drug-likeness (QED) is 0.522. The second-order valence-corrected chi connectivity index (χ2v) is 6.20. The van der Waals surface area contributed by atoms with Crippen molar-refractivity contribution in [3.8, 4) is 0 Å². The molecule has 0 radical (unpaired) electrons. The zero-order valence-electron chi connectivity index (χ0n) is 13.5. The highest BCUT2D eigenvalue weighted by Gasteiger charge is 2.11. The van der Waals surface area contributed by atoms with E-state index in [1.807, 2.05) is 36.4 Å². The Morgan fingerprint density at radius 2 is 1.96 bits per heavy atom. The molecule has 6 heteroatoms. The van der Waals surface area contributed by atoms with Crippen LogP contribution in [-0.2, 0) is 6.54 Å². The van der Waals surface area contributed by atoms with Gasteiger partial charge in [-0.05, 0) is 39.2 Å². The van der Waals surface area contributed by atoms with Crippen LogP contribution in [-0.4, -0.2) is 31.3 Å². The van der Waals surface area contributed by atoms with Gasteiger partial charge in [0.25, 0.3) is 0 Å². The van der Waals surface area contributed by atoms with Crippen molar-refractivity contribution < 1.29 is 9.50 Å². The SMILES string of the molecule is CN=C(NCc1ccc(Br)c(F)c1)NCC(CO)c1ccccc1. The zero-order valence-corrected chi connectivity index (χ0v) is 15.1. The van der Waals surface area contributed by atoms with Crippen molar-refractivity contribution in [1.82, 2.24) is 10.6 Å². The van der Waals surface area contributed by atoms with Crippen molar-refractivity contribution in [2.24, 2.45) is 4.99 Å². The molecule has 0 heterocycles. The molecule has 128 valence electrons. The highest BCUT2D eigenvalue weighted by molar-refractivity contribution is 9.10. The molecular formula is C18H21BrFN3O.